The van der Waals surface area contributed by atoms with Crippen LogP contribution in [0.25, 0.3) is 33.5 Å². The standard InChI is InChI=1S/C31H22N4O6/c1-39-27-10-5-11-28-25(27)17-29(41-28)30-33-26-9-3-2-8-24(26)31(36)34(30)32-18-21-6-4-7-23(16-21)40-19-20-12-14-22(15-13-20)35(37)38/h2-18H,19H2,1H3. The van der Waals surface area contributed by atoms with Crippen LogP contribution in [0.2, 0.25) is 0 Å². The lowest BCUT2D eigenvalue weighted by Crippen LogP contribution is -2.20. The topological polar surface area (TPSA) is 122 Å². The first-order valence-electron chi connectivity index (χ1n) is 12.6. The van der Waals surface area contributed by atoms with Crippen molar-refractivity contribution in [2.75, 3.05) is 7.11 Å². The van der Waals surface area contributed by atoms with Gasteiger partial charge in [0.15, 0.2) is 5.76 Å². The molecule has 0 aliphatic rings. The number of benzene rings is 4. The monoisotopic (exact) mass is 546 g/mol. The highest BCUT2D eigenvalue weighted by atomic mass is 16.6. The van der Waals surface area contributed by atoms with Crippen LogP contribution in [0.15, 0.2) is 111 Å². The largest absolute Gasteiger partial charge is 0.496 e. The fourth-order valence-corrected chi connectivity index (χ4v) is 4.40. The van der Waals surface area contributed by atoms with Gasteiger partial charge < -0.3 is 13.9 Å². The molecule has 41 heavy (non-hydrogen) atoms. The van der Waals surface area contributed by atoms with Crippen molar-refractivity contribution >= 4 is 33.8 Å². The Hall–Kier alpha value is -5.77. The molecule has 0 saturated carbocycles. The zero-order chi connectivity index (χ0) is 28.3. The molecule has 0 amide bonds. The number of nitro benzene ring substituents is 1. The summed E-state index contributed by atoms with van der Waals surface area (Å²) in [7, 11) is 1.58. The molecule has 0 aliphatic carbocycles. The number of methoxy groups -OCH3 is 1. The van der Waals surface area contributed by atoms with Crippen LogP contribution in [0.4, 0.5) is 5.69 Å². The second kappa shape index (κ2) is 10.8. The molecule has 0 radical (unpaired) electrons. The summed E-state index contributed by atoms with van der Waals surface area (Å²) >= 11 is 0. The molecule has 0 atom stereocenters. The van der Waals surface area contributed by atoms with E-state index >= 15 is 0 Å². The number of rotatable bonds is 8. The van der Waals surface area contributed by atoms with E-state index < -0.39 is 4.92 Å². The molecule has 0 aliphatic heterocycles. The lowest BCUT2D eigenvalue weighted by Gasteiger charge is -2.08. The molecule has 0 saturated heterocycles. The summed E-state index contributed by atoms with van der Waals surface area (Å²) in [5.74, 6) is 1.82. The van der Waals surface area contributed by atoms with E-state index in [2.05, 4.69) is 5.10 Å². The van der Waals surface area contributed by atoms with Crippen molar-refractivity contribution in [2.24, 2.45) is 5.10 Å². The molecule has 0 fully saturated rings. The van der Waals surface area contributed by atoms with Crippen LogP contribution in [-0.4, -0.2) is 27.9 Å². The Bertz CT molecular complexity index is 1990. The van der Waals surface area contributed by atoms with Crippen LogP contribution < -0.4 is 15.0 Å². The van der Waals surface area contributed by atoms with Crippen molar-refractivity contribution in [3.63, 3.8) is 0 Å². The summed E-state index contributed by atoms with van der Waals surface area (Å²) in [4.78, 5) is 28.7. The maximum absolute atomic E-state index is 13.6. The number of nitrogens with zero attached hydrogens (tertiary/aromatic N) is 4. The quantitative estimate of drug-likeness (QED) is 0.127. The predicted molar refractivity (Wildman–Crippen MR) is 155 cm³/mol. The average Bonchev–Trinajstić information content (AvgIpc) is 3.44. The van der Waals surface area contributed by atoms with Crippen molar-refractivity contribution in [3.05, 3.63) is 129 Å². The highest BCUT2D eigenvalue weighted by Crippen LogP contribution is 2.33. The van der Waals surface area contributed by atoms with Gasteiger partial charge in [0.25, 0.3) is 11.2 Å². The second-order valence-corrected chi connectivity index (χ2v) is 9.08. The first-order chi connectivity index (χ1) is 20.0. The van der Waals surface area contributed by atoms with Gasteiger partial charge in [0, 0.05) is 12.1 Å². The van der Waals surface area contributed by atoms with Crippen LogP contribution in [0, 0.1) is 10.1 Å². The van der Waals surface area contributed by atoms with Gasteiger partial charge in [-0.25, -0.2) is 4.98 Å². The summed E-state index contributed by atoms with van der Waals surface area (Å²) in [6, 6.07) is 27.7. The highest BCUT2D eigenvalue weighted by molar-refractivity contribution is 5.88. The zero-order valence-corrected chi connectivity index (χ0v) is 21.8. The predicted octanol–water partition coefficient (Wildman–Crippen LogP) is 6.19. The molecule has 0 bridgehead atoms. The minimum atomic E-state index is -0.444. The van der Waals surface area contributed by atoms with Gasteiger partial charge in [-0.15, -0.1) is 0 Å². The summed E-state index contributed by atoms with van der Waals surface area (Å²) in [5.41, 5.74) is 2.26. The maximum Gasteiger partial charge on any atom is 0.282 e. The van der Waals surface area contributed by atoms with Crippen molar-refractivity contribution in [1.82, 2.24) is 9.66 Å². The number of fused-ring (bicyclic) bond motifs is 2. The van der Waals surface area contributed by atoms with Crippen molar-refractivity contribution < 1.29 is 18.8 Å². The van der Waals surface area contributed by atoms with Gasteiger partial charge in [0.2, 0.25) is 5.82 Å². The molecular weight excluding hydrogens is 524 g/mol. The molecule has 6 rings (SSSR count). The molecule has 6 aromatic rings. The molecule has 202 valence electrons. The van der Waals surface area contributed by atoms with E-state index in [0.29, 0.717) is 39.3 Å². The van der Waals surface area contributed by atoms with E-state index in [-0.39, 0.29) is 23.7 Å². The van der Waals surface area contributed by atoms with Gasteiger partial charge in [0.1, 0.15) is 23.7 Å². The molecule has 10 nitrogen and oxygen atoms in total. The Labute approximate surface area is 232 Å². The van der Waals surface area contributed by atoms with E-state index in [4.69, 9.17) is 18.9 Å². The number of hydrogen-bond acceptors (Lipinski definition) is 8. The van der Waals surface area contributed by atoms with E-state index in [1.54, 1.807) is 67.9 Å². The third kappa shape index (κ3) is 5.13. The first kappa shape index (κ1) is 25.5. The number of aromatic nitrogens is 2. The third-order valence-electron chi connectivity index (χ3n) is 6.45. The van der Waals surface area contributed by atoms with Gasteiger partial charge in [-0.05, 0) is 65.7 Å². The minimum absolute atomic E-state index is 0.0199. The number of non-ortho nitro benzene ring substituents is 1. The number of nitro groups is 1. The van der Waals surface area contributed by atoms with E-state index in [1.165, 1.54) is 16.8 Å². The van der Waals surface area contributed by atoms with Crippen LogP contribution in [0.1, 0.15) is 11.1 Å². The lowest BCUT2D eigenvalue weighted by atomic mass is 10.2. The Morgan fingerprint density at radius 2 is 1.78 bits per heavy atom. The van der Waals surface area contributed by atoms with Gasteiger partial charge in [-0.2, -0.15) is 9.78 Å². The molecule has 0 N–H and O–H groups in total. The van der Waals surface area contributed by atoms with Gasteiger partial charge in [-0.3, -0.25) is 14.9 Å². The summed E-state index contributed by atoms with van der Waals surface area (Å²) < 4.78 is 18.6. The first-order valence-corrected chi connectivity index (χ1v) is 12.6. The van der Waals surface area contributed by atoms with Crippen molar-refractivity contribution in [2.45, 2.75) is 6.61 Å². The SMILES string of the molecule is COc1cccc2oc(-c3nc4ccccc4c(=O)n3N=Cc3cccc(OCc4ccc([N+](=O)[O-])cc4)c3)cc12. The van der Waals surface area contributed by atoms with Gasteiger partial charge in [0.05, 0.1) is 34.5 Å². The third-order valence-corrected chi connectivity index (χ3v) is 6.45. The summed E-state index contributed by atoms with van der Waals surface area (Å²) in [5, 5.41) is 16.6. The average molecular weight is 547 g/mol. The highest BCUT2D eigenvalue weighted by Gasteiger charge is 2.18. The normalized spacial score (nSPS) is 11.3. The Morgan fingerprint density at radius 1 is 0.976 bits per heavy atom. The Kier molecular flexibility index (Phi) is 6.70. The van der Waals surface area contributed by atoms with Crippen molar-refractivity contribution in [1.29, 1.82) is 0 Å². The van der Waals surface area contributed by atoms with Crippen LogP contribution in [0.5, 0.6) is 11.5 Å². The Balaban J connectivity index is 1.34. The summed E-state index contributed by atoms with van der Waals surface area (Å²) in [6.07, 6.45) is 1.54. The number of hydrogen-bond donors (Lipinski definition) is 0. The van der Waals surface area contributed by atoms with E-state index in [1.807, 2.05) is 30.3 Å². The summed E-state index contributed by atoms with van der Waals surface area (Å²) in [6.45, 7) is 0.228. The minimum Gasteiger partial charge on any atom is -0.496 e. The zero-order valence-electron chi connectivity index (χ0n) is 21.8. The molecule has 4 aromatic carbocycles. The Morgan fingerprint density at radius 3 is 2.59 bits per heavy atom. The fourth-order valence-electron chi connectivity index (χ4n) is 4.40. The van der Waals surface area contributed by atoms with Crippen LogP contribution >= 0.6 is 0 Å². The molecule has 2 heterocycles. The molecule has 0 spiro atoms. The van der Waals surface area contributed by atoms with Crippen LogP contribution in [0.3, 0.4) is 0 Å². The second-order valence-electron chi connectivity index (χ2n) is 9.08. The maximum atomic E-state index is 13.6. The molecule has 2 aromatic heterocycles. The smallest absolute Gasteiger partial charge is 0.282 e. The van der Waals surface area contributed by atoms with Crippen LogP contribution in [-0.2, 0) is 6.61 Å². The molecular formula is C31H22N4O6. The van der Waals surface area contributed by atoms with Gasteiger partial charge in [-0.1, -0.05) is 30.3 Å². The van der Waals surface area contributed by atoms with E-state index in [0.717, 1.165) is 10.9 Å². The fraction of sp³-hybridized carbons (Fsp3) is 0.0645. The number of para-hydroxylation sites is 1. The molecule has 10 heteroatoms. The van der Waals surface area contributed by atoms with Crippen molar-refractivity contribution in [3.8, 4) is 23.1 Å². The lowest BCUT2D eigenvalue weighted by molar-refractivity contribution is -0.384. The van der Waals surface area contributed by atoms with E-state index in [9.17, 15) is 14.9 Å². The van der Waals surface area contributed by atoms with Gasteiger partial charge >= 0.3 is 0 Å². The number of ether oxygens (including phenoxy) is 2. The molecule has 0 unspecified atom stereocenters. The number of furan rings is 1.